The van der Waals surface area contributed by atoms with Crippen molar-refractivity contribution in [2.75, 3.05) is 20.1 Å². The summed E-state index contributed by atoms with van der Waals surface area (Å²) in [4.78, 5) is 16.9. The van der Waals surface area contributed by atoms with Gasteiger partial charge in [0.25, 0.3) is 0 Å². The molecule has 0 aromatic rings. The van der Waals surface area contributed by atoms with Crippen molar-refractivity contribution in [2.45, 2.75) is 64.1 Å². The lowest BCUT2D eigenvalue weighted by Crippen LogP contribution is -2.56. The smallest absolute Gasteiger partial charge is 0.222 e. The molecule has 1 aliphatic carbocycles. The van der Waals surface area contributed by atoms with E-state index in [4.69, 9.17) is 5.73 Å². The molecular weight excluding hydrogens is 238 g/mol. The minimum atomic E-state index is 0.317. The van der Waals surface area contributed by atoms with E-state index >= 15 is 0 Å². The van der Waals surface area contributed by atoms with Crippen LogP contribution in [-0.2, 0) is 4.79 Å². The van der Waals surface area contributed by atoms with E-state index in [0.29, 0.717) is 36.4 Å². The zero-order chi connectivity index (χ0) is 14.0. The van der Waals surface area contributed by atoms with Crippen molar-refractivity contribution in [1.82, 2.24) is 9.80 Å². The molecule has 0 spiro atoms. The maximum absolute atomic E-state index is 12.4. The summed E-state index contributed by atoms with van der Waals surface area (Å²) in [6, 6.07) is 1.24. The van der Waals surface area contributed by atoms with Crippen LogP contribution in [0.25, 0.3) is 0 Å². The molecule has 1 saturated heterocycles. The molecule has 2 aliphatic rings. The molecule has 0 aromatic heterocycles. The Bertz CT molecular complexity index is 309. The molecule has 1 aliphatic heterocycles. The van der Waals surface area contributed by atoms with Gasteiger partial charge in [-0.25, -0.2) is 0 Å². The van der Waals surface area contributed by atoms with Gasteiger partial charge in [-0.05, 0) is 46.1 Å². The molecule has 4 atom stereocenters. The van der Waals surface area contributed by atoms with E-state index in [2.05, 4.69) is 30.7 Å². The van der Waals surface area contributed by atoms with E-state index < -0.39 is 0 Å². The van der Waals surface area contributed by atoms with Crippen molar-refractivity contribution in [2.24, 2.45) is 11.7 Å². The normalized spacial score (nSPS) is 37.4. The molecule has 4 nitrogen and oxygen atoms in total. The lowest BCUT2D eigenvalue weighted by Gasteiger charge is -2.43. The van der Waals surface area contributed by atoms with Gasteiger partial charge in [0.15, 0.2) is 0 Å². The van der Waals surface area contributed by atoms with Gasteiger partial charge in [0.05, 0.1) is 0 Å². The van der Waals surface area contributed by atoms with Crippen LogP contribution in [0, 0.1) is 5.92 Å². The number of nitrogens with two attached hydrogens (primary N) is 1. The topological polar surface area (TPSA) is 49.6 Å². The molecule has 2 fully saturated rings. The summed E-state index contributed by atoms with van der Waals surface area (Å²) in [6.45, 7) is 6.15. The van der Waals surface area contributed by atoms with Crippen molar-refractivity contribution in [1.29, 1.82) is 0 Å². The third kappa shape index (κ3) is 3.69. The molecule has 2 rings (SSSR count). The SMILES string of the molecule is CC1CN(C(=O)CC2CCCC(N)C2)CC(C)N1C. The summed E-state index contributed by atoms with van der Waals surface area (Å²) in [5.74, 6) is 0.854. The maximum Gasteiger partial charge on any atom is 0.222 e. The molecule has 0 radical (unpaired) electrons. The molecule has 1 saturated carbocycles. The van der Waals surface area contributed by atoms with Crippen LogP contribution >= 0.6 is 0 Å². The first-order valence-corrected chi connectivity index (χ1v) is 7.72. The number of piperazine rings is 1. The minimum absolute atomic E-state index is 0.317. The van der Waals surface area contributed by atoms with E-state index in [9.17, 15) is 4.79 Å². The number of hydrogen-bond donors (Lipinski definition) is 1. The second kappa shape index (κ2) is 6.23. The summed E-state index contributed by atoms with van der Waals surface area (Å²) in [5, 5.41) is 0. The Balaban J connectivity index is 1.86. The monoisotopic (exact) mass is 267 g/mol. The number of carbonyl (C=O) groups excluding carboxylic acids is 1. The predicted molar refractivity (Wildman–Crippen MR) is 77.8 cm³/mol. The Morgan fingerprint density at radius 1 is 1.21 bits per heavy atom. The highest BCUT2D eigenvalue weighted by molar-refractivity contribution is 5.76. The molecule has 0 bridgehead atoms. The van der Waals surface area contributed by atoms with Gasteiger partial charge < -0.3 is 10.6 Å². The van der Waals surface area contributed by atoms with Gasteiger partial charge in [-0.3, -0.25) is 9.69 Å². The number of rotatable bonds is 2. The zero-order valence-electron chi connectivity index (χ0n) is 12.6. The first kappa shape index (κ1) is 14.8. The first-order valence-electron chi connectivity index (χ1n) is 7.72. The van der Waals surface area contributed by atoms with Gasteiger partial charge in [-0.2, -0.15) is 0 Å². The fourth-order valence-electron chi connectivity index (χ4n) is 3.50. The van der Waals surface area contributed by atoms with Gasteiger partial charge in [0.2, 0.25) is 5.91 Å². The van der Waals surface area contributed by atoms with Crippen molar-refractivity contribution >= 4 is 5.91 Å². The summed E-state index contributed by atoms with van der Waals surface area (Å²) in [5.41, 5.74) is 6.01. The quantitative estimate of drug-likeness (QED) is 0.824. The van der Waals surface area contributed by atoms with Crippen molar-refractivity contribution in [3.05, 3.63) is 0 Å². The zero-order valence-corrected chi connectivity index (χ0v) is 12.6. The molecule has 4 heteroatoms. The van der Waals surface area contributed by atoms with Crippen LogP contribution in [0.1, 0.15) is 46.0 Å². The standard InChI is InChI=1S/C15H29N3O/c1-11-9-18(10-12(2)17(11)3)15(19)8-13-5-4-6-14(16)7-13/h11-14H,4-10,16H2,1-3H3. The summed E-state index contributed by atoms with van der Waals surface area (Å²) in [6.07, 6.45) is 5.24. The highest BCUT2D eigenvalue weighted by Gasteiger charge is 2.31. The Morgan fingerprint density at radius 3 is 2.42 bits per heavy atom. The van der Waals surface area contributed by atoms with E-state index in [0.717, 1.165) is 25.9 Å². The van der Waals surface area contributed by atoms with Crippen LogP contribution < -0.4 is 5.73 Å². The minimum Gasteiger partial charge on any atom is -0.340 e. The van der Waals surface area contributed by atoms with Gasteiger partial charge >= 0.3 is 0 Å². The molecule has 4 unspecified atom stereocenters. The largest absolute Gasteiger partial charge is 0.340 e. The van der Waals surface area contributed by atoms with Crippen molar-refractivity contribution < 1.29 is 4.79 Å². The second-order valence-corrected chi connectivity index (χ2v) is 6.66. The fourth-order valence-corrected chi connectivity index (χ4v) is 3.50. The lowest BCUT2D eigenvalue weighted by atomic mass is 9.84. The average Bonchev–Trinajstić information content (AvgIpc) is 2.35. The van der Waals surface area contributed by atoms with Crippen LogP contribution in [0.4, 0.5) is 0 Å². The number of likely N-dealkylation sites (N-methyl/N-ethyl adjacent to an activating group) is 1. The Morgan fingerprint density at radius 2 is 1.84 bits per heavy atom. The molecule has 1 amide bonds. The van der Waals surface area contributed by atoms with Gasteiger partial charge in [-0.1, -0.05) is 6.42 Å². The molecule has 2 N–H and O–H groups in total. The molecular formula is C15H29N3O. The van der Waals surface area contributed by atoms with E-state index in [1.54, 1.807) is 0 Å². The molecule has 110 valence electrons. The van der Waals surface area contributed by atoms with Crippen LogP contribution in [0.3, 0.4) is 0 Å². The highest BCUT2D eigenvalue weighted by Crippen LogP contribution is 2.27. The molecule has 0 aromatic carbocycles. The summed E-state index contributed by atoms with van der Waals surface area (Å²) < 4.78 is 0. The van der Waals surface area contributed by atoms with Gasteiger partial charge in [0.1, 0.15) is 0 Å². The lowest BCUT2D eigenvalue weighted by molar-refractivity contribution is -0.136. The Kier molecular flexibility index (Phi) is 4.85. The third-order valence-electron chi connectivity index (χ3n) is 5.00. The number of amides is 1. The van der Waals surface area contributed by atoms with E-state index in [-0.39, 0.29) is 0 Å². The van der Waals surface area contributed by atoms with Crippen LogP contribution in [0.15, 0.2) is 0 Å². The fraction of sp³-hybridized carbons (Fsp3) is 0.933. The number of nitrogens with zero attached hydrogens (tertiary/aromatic N) is 2. The Labute approximate surface area is 117 Å². The molecule has 1 heterocycles. The number of hydrogen-bond acceptors (Lipinski definition) is 3. The van der Waals surface area contributed by atoms with Crippen molar-refractivity contribution in [3.63, 3.8) is 0 Å². The Hall–Kier alpha value is -0.610. The van der Waals surface area contributed by atoms with Crippen LogP contribution in [0.5, 0.6) is 0 Å². The third-order valence-corrected chi connectivity index (χ3v) is 5.00. The maximum atomic E-state index is 12.4. The number of carbonyl (C=O) groups is 1. The second-order valence-electron chi connectivity index (χ2n) is 6.66. The summed E-state index contributed by atoms with van der Waals surface area (Å²) in [7, 11) is 2.15. The first-order chi connectivity index (χ1) is 8.97. The summed E-state index contributed by atoms with van der Waals surface area (Å²) >= 11 is 0. The van der Waals surface area contributed by atoms with E-state index in [1.165, 1.54) is 12.8 Å². The van der Waals surface area contributed by atoms with Gasteiger partial charge in [-0.15, -0.1) is 0 Å². The van der Waals surface area contributed by atoms with Gasteiger partial charge in [0, 0.05) is 37.6 Å². The van der Waals surface area contributed by atoms with Crippen LogP contribution in [-0.4, -0.2) is 54.0 Å². The van der Waals surface area contributed by atoms with E-state index in [1.807, 2.05) is 0 Å². The highest BCUT2D eigenvalue weighted by atomic mass is 16.2. The molecule has 19 heavy (non-hydrogen) atoms. The average molecular weight is 267 g/mol. The predicted octanol–water partition coefficient (Wildman–Crippen LogP) is 1.45. The van der Waals surface area contributed by atoms with Crippen molar-refractivity contribution in [3.8, 4) is 0 Å². The van der Waals surface area contributed by atoms with Crippen LogP contribution in [0.2, 0.25) is 0 Å².